The molecule has 1 fully saturated rings. The van der Waals surface area contributed by atoms with Crippen molar-refractivity contribution >= 4 is 0 Å². The SMILES string of the molecule is CC(C#N)N1CCN(CCC(F)(F)F)CC1. The van der Waals surface area contributed by atoms with Gasteiger partial charge in [-0.1, -0.05) is 0 Å². The molecule has 3 nitrogen and oxygen atoms in total. The summed E-state index contributed by atoms with van der Waals surface area (Å²) < 4.78 is 36.0. The Morgan fingerprint density at radius 2 is 1.81 bits per heavy atom. The van der Waals surface area contributed by atoms with Crippen molar-refractivity contribution in [1.29, 1.82) is 5.26 Å². The van der Waals surface area contributed by atoms with Crippen LogP contribution in [0.3, 0.4) is 0 Å². The number of hydrogen-bond donors (Lipinski definition) is 0. The van der Waals surface area contributed by atoms with Gasteiger partial charge in [-0.3, -0.25) is 4.90 Å². The van der Waals surface area contributed by atoms with Crippen molar-refractivity contribution in [2.24, 2.45) is 0 Å². The van der Waals surface area contributed by atoms with Crippen molar-refractivity contribution in [2.45, 2.75) is 25.6 Å². The highest BCUT2D eigenvalue weighted by molar-refractivity contribution is 4.90. The summed E-state index contributed by atoms with van der Waals surface area (Å²) in [4.78, 5) is 3.79. The molecule has 92 valence electrons. The van der Waals surface area contributed by atoms with Gasteiger partial charge in [-0.2, -0.15) is 18.4 Å². The van der Waals surface area contributed by atoms with E-state index in [0.717, 1.165) is 0 Å². The van der Waals surface area contributed by atoms with Gasteiger partial charge in [-0.05, 0) is 6.92 Å². The highest BCUT2D eigenvalue weighted by atomic mass is 19.4. The van der Waals surface area contributed by atoms with Crippen molar-refractivity contribution in [1.82, 2.24) is 9.80 Å². The molecule has 1 unspecified atom stereocenters. The van der Waals surface area contributed by atoms with E-state index in [1.54, 1.807) is 4.90 Å². The fourth-order valence-corrected chi connectivity index (χ4v) is 1.74. The molecule has 0 aromatic carbocycles. The molecule has 0 spiro atoms. The molecule has 1 rings (SSSR count). The minimum atomic E-state index is -4.07. The summed E-state index contributed by atoms with van der Waals surface area (Å²) >= 11 is 0. The minimum Gasteiger partial charge on any atom is -0.300 e. The van der Waals surface area contributed by atoms with E-state index in [9.17, 15) is 13.2 Å². The Hall–Kier alpha value is -0.800. The van der Waals surface area contributed by atoms with Gasteiger partial charge in [0, 0.05) is 32.7 Å². The van der Waals surface area contributed by atoms with Gasteiger partial charge in [-0.15, -0.1) is 0 Å². The van der Waals surface area contributed by atoms with Crippen LogP contribution < -0.4 is 0 Å². The van der Waals surface area contributed by atoms with Crippen LogP contribution in [-0.2, 0) is 0 Å². The number of nitrogens with zero attached hydrogens (tertiary/aromatic N) is 3. The summed E-state index contributed by atoms with van der Waals surface area (Å²) in [5.74, 6) is 0. The first-order valence-corrected chi connectivity index (χ1v) is 5.35. The molecule has 0 aromatic rings. The second kappa shape index (κ2) is 5.51. The second-order valence-corrected chi connectivity index (χ2v) is 4.05. The van der Waals surface area contributed by atoms with E-state index in [1.807, 2.05) is 11.8 Å². The maximum Gasteiger partial charge on any atom is 0.390 e. The molecule has 0 N–H and O–H groups in total. The number of nitriles is 1. The Morgan fingerprint density at radius 3 is 2.25 bits per heavy atom. The first kappa shape index (κ1) is 13.3. The zero-order valence-corrected chi connectivity index (χ0v) is 9.30. The third kappa shape index (κ3) is 4.37. The Kier molecular flexibility index (Phi) is 4.56. The summed E-state index contributed by atoms with van der Waals surface area (Å²) in [6.07, 6.45) is -4.82. The lowest BCUT2D eigenvalue weighted by Crippen LogP contribution is -2.49. The molecule has 6 heteroatoms. The lowest BCUT2D eigenvalue weighted by Gasteiger charge is -2.35. The van der Waals surface area contributed by atoms with Crippen molar-refractivity contribution < 1.29 is 13.2 Å². The van der Waals surface area contributed by atoms with E-state index in [-0.39, 0.29) is 12.6 Å². The van der Waals surface area contributed by atoms with Crippen molar-refractivity contribution in [3.05, 3.63) is 0 Å². The molecule has 0 aliphatic carbocycles. The van der Waals surface area contributed by atoms with Crippen molar-refractivity contribution in [2.75, 3.05) is 32.7 Å². The van der Waals surface area contributed by atoms with E-state index in [1.165, 1.54) is 0 Å². The maximum atomic E-state index is 12.0. The number of alkyl halides is 3. The monoisotopic (exact) mass is 235 g/mol. The average Bonchev–Trinajstić information content (AvgIpc) is 2.25. The Morgan fingerprint density at radius 1 is 1.25 bits per heavy atom. The van der Waals surface area contributed by atoms with Gasteiger partial charge in [0.2, 0.25) is 0 Å². The molecule has 1 saturated heterocycles. The Labute approximate surface area is 93.4 Å². The highest BCUT2D eigenvalue weighted by Crippen LogP contribution is 2.20. The lowest BCUT2D eigenvalue weighted by atomic mass is 10.2. The average molecular weight is 235 g/mol. The quantitative estimate of drug-likeness (QED) is 0.742. The molecular weight excluding hydrogens is 219 g/mol. The smallest absolute Gasteiger partial charge is 0.300 e. The van der Waals surface area contributed by atoms with Crippen LogP contribution in [0.4, 0.5) is 13.2 Å². The second-order valence-electron chi connectivity index (χ2n) is 4.05. The minimum absolute atomic E-state index is 0.0677. The van der Waals surface area contributed by atoms with Crippen LogP contribution in [0.2, 0.25) is 0 Å². The van der Waals surface area contributed by atoms with Gasteiger partial charge in [0.15, 0.2) is 0 Å². The molecule has 0 aromatic heterocycles. The molecule has 0 amide bonds. The van der Waals surface area contributed by atoms with E-state index >= 15 is 0 Å². The number of rotatable bonds is 3. The van der Waals surface area contributed by atoms with Gasteiger partial charge in [0.05, 0.1) is 18.5 Å². The molecule has 0 radical (unpaired) electrons. The molecule has 1 heterocycles. The first-order valence-electron chi connectivity index (χ1n) is 5.35. The molecule has 1 aliphatic heterocycles. The van der Waals surface area contributed by atoms with Gasteiger partial charge < -0.3 is 4.90 Å². The van der Waals surface area contributed by atoms with Gasteiger partial charge in [0.1, 0.15) is 0 Å². The van der Waals surface area contributed by atoms with Crippen LogP contribution in [0.15, 0.2) is 0 Å². The standard InChI is InChI=1S/C10H16F3N3/c1-9(8-14)16-6-4-15(5-7-16)3-2-10(11,12)13/h9H,2-7H2,1H3. The summed E-state index contributed by atoms with van der Waals surface area (Å²) in [7, 11) is 0. The van der Waals surface area contributed by atoms with Crippen LogP contribution >= 0.6 is 0 Å². The molecule has 1 atom stereocenters. The summed E-state index contributed by atoms with van der Waals surface area (Å²) in [5, 5.41) is 8.71. The fraction of sp³-hybridized carbons (Fsp3) is 0.900. The molecule has 16 heavy (non-hydrogen) atoms. The van der Waals surface area contributed by atoms with Crippen LogP contribution in [0, 0.1) is 11.3 Å². The van der Waals surface area contributed by atoms with Crippen LogP contribution in [0.5, 0.6) is 0 Å². The fourth-order valence-electron chi connectivity index (χ4n) is 1.74. The number of halogens is 3. The third-order valence-electron chi connectivity index (χ3n) is 2.85. The van der Waals surface area contributed by atoms with Crippen molar-refractivity contribution in [3.8, 4) is 6.07 Å². The zero-order valence-electron chi connectivity index (χ0n) is 9.30. The molecule has 1 aliphatic rings. The van der Waals surface area contributed by atoms with E-state index in [2.05, 4.69) is 6.07 Å². The summed E-state index contributed by atoms with van der Waals surface area (Å²) in [6, 6.07) is 1.98. The highest BCUT2D eigenvalue weighted by Gasteiger charge is 2.29. The number of piperazine rings is 1. The predicted molar refractivity (Wildman–Crippen MR) is 53.8 cm³/mol. The molecule has 0 bridgehead atoms. The van der Waals surface area contributed by atoms with Crippen molar-refractivity contribution in [3.63, 3.8) is 0 Å². The van der Waals surface area contributed by atoms with E-state index in [0.29, 0.717) is 26.2 Å². The number of hydrogen-bond acceptors (Lipinski definition) is 3. The third-order valence-corrected chi connectivity index (χ3v) is 2.85. The lowest BCUT2D eigenvalue weighted by molar-refractivity contribution is -0.138. The normalized spacial score (nSPS) is 21.7. The first-order chi connectivity index (χ1) is 7.42. The van der Waals surface area contributed by atoms with Crippen LogP contribution in [-0.4, -0.2) is 54.7 Å². The van der Waals surface area contributed by atoms with E-state index in [4.69, 9.17) is 5.26 Å². The topological polar surface area (TPSA) is 30.3 Å². The summed E-state index contributed by atoms with van der Waals surface area (Å²) in [5.41, 5.74) is 0. The van der Waals surface area contributed by atoms with Gasteiger partial charge in [-0.25, -0.2) is 0 Å². The Balaban J connectivity index is 2.25. The van der Waals surface area contributed by atoms with Crippen LogP contribution in [0.1, 0.15) is 13.3 Å². The maximum absolute atomic E-state index is 12.0. The van der Waals surface area contributed by atoms with Crippen LogP contribution in [0.25, 0.3) is 0 Å². The molecule has 0 saturated carbocycles. The van der Waals surface area contributed by atoms with Gasteiger partial charge >= 0.3 is 6.18 Å². The largest absolute Gasteiger partial charge is 0.390 e. The Bertz CT molecular complexity index is 251. The van der Waals surface area contributed by atoms with E-state index < -0.39 is 12.6 Å². The molecular formula is C10H16F3N3. The van der Waals surface area contributed by atoms with Gasteiger partial charge in [0.25, 0.3) is 0 Å². The zero-order chi connectivity index (χ0) is 12.2. The summed E-state index contributed by atoms with van der Waals surface area (Å²) in [6.45, 7) is 4.45. The predicted octanol–water partition coefficient (Wildman–Crippen LogP) is 1.47.